The van der Waals surface area contributed by atoms with Crippen molar-refractivity contribution in [2.75, 3.05) is 11.1 Å². The van der Waals surface area contributed by atoms with Gasteiger partial charge in [0.25, 0.3) is 11.8 Å². The van der Waals surface area contributed by atoms with Crippen molar-refractivity contribution in [2.45, 2.75) is 37.7 Å². The molecule has 0 bridgehead atoms. The van der Waals surface area contributed by atoms with Gasteiger partial charge in [0.2, 0.25) is 11.9 Å². The van der Waals surface area contributed by atoms with Gasteiger partial charge in [0.15, 0.2) is 5.82 Å². The average molecular weight is 343 g/mol. The molecular weight excluding hydrogens is 330 g/mol. The molecule has 0 radical (unpaired) electrons. The van der Waals surface area contributed by atoms with E-state index in [4.69, 9.17) is 5.73 Å². The Morgan fingerprint density at radius 1 is 1.17 bits per heavy atom. The first-order valence-electron chi connectivity index (χ1n) is 6.99. The highest BCUT2D eigenvalue weighted by molar-refractivity contribution is 5.52. The third kappa shape index (κ3) is 3.49. The Morgan fingerprint density at radius 3 is 2.50 bits per heavy atom. The van der Waals surface area contributed by atoms with Crippen LogP contribution in [0.1, 0.15) is 25.5 Å². The van der Waals surface area contributed by atoms with Crippen LogP contribution in [0.15, 0.2) is 12.4 Å². The Bertz CT molecular complexity index is 754. The normalized spacial score (nSPS) is 17.4. The van der Waals surface area contributed by atoms with Gasteiger partial charge < -0.3 is 11.1 Å². The summed E-state index contributed by atoms with van der Waals surface area (Å²) in [6.45, 7) is 0.687. The van der Waals surface area contributed by atoms with Crippen molar-refractivity contribution in [3.05, 3.63) is 18.1 Å². The van der Waals surface area contributed by atoms with Crippen molar-refractivity contribution in [2.24, 2.45) is 0 Å². The molecule has 2 heterocycles. The van der Waals surface area contributed by atoms with Gasteiger partial charge in [0.1, 0.15) is 11.4 Å². The predicted molar refractivity (Wildman–Crippen MR) is 76.4 cm³/mol. The van der Waals surface area contributed by atoms with Gasteiger partial charge >= 0.3 is 0 Å². The molecule has 1 fully saturated rings. The molecule has 2 aromatic rings. The molecule has 0 spiro atoms. The van der Waals surface area contributed by atoms with Gasteiger partial charge in [-0.3, -0.25) is 4.98 Å². The zero-order chi connectivity index (χ0) is 17.5. The van der Waals surface area contributed by atoms with E-state index >= 15 is 0 Å². The second-order valence-electron chi connectivity index (χ2n) is 5.62. The van der Waals surface area contributed by atoms with Crippen LogP contribution in [0.2, 0.25) is 0 Å². The first-order valence-corrected chi connectivity index (χ1v) is 6.99. The summed E-state index contributed by atoms with van der Waals surface area (Å²) >= 11 is 0. The van der Waals surface area contributed by atoms with E-state index in [1.807, 2.05) is 0 Å². The van der Waals surface area contributed by atoms with Crippen molar-refractivity contribution < 1.29 is 17.6 Å². The van der Waals surface area contributed by atoms with Gasteiger partial charge in [-0.2, -0.15) is 23.7 Å². The third-order valence-corrected chi connectivity index (χ3v) is 3.39. The van der Waals surface area contributed by atoms with Gasteiger partial charge in [-0.25, -0.2) is 13.8 Å². The number of hydrogen-bond acceptors (Lipinski definition) is 7. The summed E-state index contributed by atoms with van der Waals surface area (Å²) in [6, 6.07) is -0.493. The number of alkyl halides is 4. The van der Waals surface area contributed by atoms with Crippen LogP contribution < -0.4 is 11.1 Å². The smallest absolute Gasteiger partial charge is 0.288 e. The highest BCUT2D eigenvalue weighted by atomic mass is 19.3. The van der Waals surface area contributed by atoms with E-state index in [-0.39, 0.29) is 36.3 Å². The first-order chi connectivity index (χ1) is 11.1. The number of aromatic nitrogens is 5. The molecule has 0 aliphatic heterocycles. The molecule has 11 heteroatoms. The number of halogens is 4. The first kappa shape index (κ1) is 16.3. The van der Waals surface area contributed by atoms with Crippen LogP contribution in [0.4, 0.5) is 29.5 Å². The zero-order valence-corrected chi connectivity index (χ0v) is 12.5. The Balaban J connectivity index is 1.86. The summed E-state index contributed by atoms with van der Waals surface area (Å²) in [5, 5.41) is 2.71. The Hall–Kier alpha value is -2.59. The number of nitrogens with two attached hydrogens (primary N) is 1. The van der Waals surface area contributed by atoms with Gasteiger partial charge in [-0.1, -0.05) is 0 Å². The molecule has 0 unspecified atom stereocenters. The lowest BCUT2D eigenvalue weighted by molar-refractivity contribution is -0.0794. The fourth-order valence-electron chi connectivity index (χ4n) is 2.20. The number of nitrogen functional groups attached to an aromatic ring is 1. The van der Waals surface area contributed by atoms with Crippen LogP contribution in [-0.2, 0) is 5.92 Å². The second kappa shape index (κ2) is 5.49. The summed E-state index contributed by atoms with van der Waals surface area (Å²) in [5.74, 6) is -6.17. The number of nitrogens with zero attached hydrogens (tertiary/aromatic N) is 5. The lowest BCUT2D eigenvalue weighted by Gasteiger charge is -2.35. The van der Waals surface area contributed by atoms with Gasteiger partial charge in [0.05, 0.1) is 12.4 Å². The van der Waals surface area contributed by atoms with Crippen molar-refractivity contribution in [3.8, 4) is 11.5 Å². The van der Waals surface area contributed by atoms with Crippen LogP contribution in [0.25, 0.3) is 11.5 Å². The molecule has 0 amide bonds. The summed E-state index contributed by atoms with van der Waals surface area (Å²) < 4.78 is 52.4. The Morgan fingerprint density at radius 2 is 1.88 bits per heavy atom. The number of rotatable bonds is 4. The SMILES string of the molecule is CC(F)(F)c1cncc(-c2nc(N)nc(NC3CC(F)(F)C3)n2)n1. The number of nitrogens with one attached hydrogen (secondary N) is 1. The molecule has 0 saturated heterocycles. The minimum absolute atomic E-state index is 0.0199. The van der Waals surface area contributed by atoms with Gasteiger partial charge in [-0.15, -0.1) is 0 Å². The number of hydrogen-bond donors (Lipinski definition) is 2. The highest BCUT2D eigenvalue weighted by Crippen LogP contribution is 2.38. The number of anilines is 2. The molecule has 1 saturated carbocycles. The monoisotopic (exact) mass is 343 g/mol. The fourth-order valence-corrected chi connectivity index (χ4v) is 2.20. The minimum atomic E-state index is -3.18. The van der Waals surface area contributed by atoms with Crippen molar-refractivity contribution in [3.63, 3.8) is 0 Å². The van der Waals surface area contributed by atoms with E-state index in [2.05, 4.69) is 30.2 Å². The summed E-state index contributed by atoms with van der Waals surface area (Å²) in [4.78, 5) is 19.1. The largest absolute Gasteiger partial charge is 0.368 e. The quantitative estimate of drug-likeness (QED) is 0.821. The second-order valence-corrected chi connectivity index (χ2v) is 5.62. The van der Waals surface area contributed by atoms with Crippen molar-refractivity contribution >= 4 is 11.9 Å². The fraction of sp³-hybridized carbons (Fsp3) is 0.462. The molecule has 0 atom stereocenters. The average Bonchev–Trinajstić information content (AvgIpc) is 2.44. The van der Waals surface area contributed by atoms with E-state index in [1.54, 1.807) is 0 Å². The molecular formula is C13H13F4N7. The highest BCUT2D eigenvalue weighted by Gasteiger charge is 2.45. The Kier molecular flexibility index (Phi) is 3.73. The topological polar surface area (TPSA) is 102 Å². The van der Waals surface area contributed by atoms with Crippen LogP contribution in [0, 0.1) is 0 Å². The van der Waals surface area contributed by atoms with Crippen LogP contribution in [0.3, 0.4) is 0 Å². The maximum Gasteiger partial charge on any atom is 0.288 e. The molecule has 1 aliphatic rings. The predicted octanol–water partition coefficient (Wildman–Crippen LogP) is 2.23. The minimum Gasteiger partial charge on any atom is -0.368 e. The van der Waals surface area contributed by atoms with E-state index in [9.17, 15) is 17.6 Å². The standard InChI is InChI=1S/C13H13F4N7/c1-12(14,15)8-5-19-4-7(21-8)9-22-10(18)24-11(23-9)20-6-2-13(16,17)3-6/h4-6H,2-3H2,1H3,(H3,18,20,22,23,24). The molecule has 24 heavy (non-hydrogen) atoms. The van der Waals surface area contributed by atoms with Crippen molar-refractivity contribution in [1.29, 1.82) is 0 Å². The zero-order valence-electron chi connectivity index (χ0n) is 12.5. The van der Waals surface area contributed by atoms with Gasteiger partial charge in [-0.05, 0) is 0 Å². The summed E-state index contributed by atoms with van der Waals surface area (Å²) in [5.41, 5.74) is 4.99. The van der Waals surface area contributed by atoms with E-state index in [0.717, 1.165) is 6.20 Å². The maximum absolute atomic E-state index is 13.3. The van der Waals surface area contributed by atoms with E-state index < -0.39 is 23.6 Å². The molecule has 0 aromatic carbocycles. The molecule has 2 aromatic heterocycles. The van der Waals surface area contributed by atoms with E-state index in [1.165, 1.54) is 6.20 Å². The van der Waals surface area contributed by atoms with Crippen LogP contribution >= 0.6 is 0 Å². The van der Waals surface area contributed by atoms with Gasteiger partial charge in [0, 0.05) is 25.8 Å². The summed E-state index contributed by atoms with van der Waals surface area (Å²) in [6.07, 6.45) is 1.45. The summed E-state index contributed by atoms with van der Waals surface area (Å²) in [7, 11) is 0. The van der Waals surface area contributed by atoms with Crippen LogP contribution in [0.5, 0.6) is 0 Å². The molecule has 128 valence electrons. The van der Waals surface area contributed by atoms with Crippen LogP contribution in [-0.4, -0.2) is 36.9 Å². The van der Waals surface area contributed by atoms with E-state index in [0.29, 0.717) is 6.92 Å². The Labute approximate surface area is 133 Å². The molecule has 7 nitrogen and oxygen atoms in total. The van der Waals surface area contributed by atoms with Crippen molar-refractivity contribution in [1.82, 2.24) is 24.9 Å². The molecule has 1 aliphatic carbocycles. The lowest BCUT2D eigenvalue weighted by atomic mass is 9.88. The maximum atomic E-state index is 13.3. The lowest BCUT2D eigenvalue weighted by Crippen LogP contribution is -2.44. The molecule has 3 N–H and O–H groups in total. The third-order valence-electron chi connectivity index (χ3n) is 3.39. The molecule has 3 rings (SSSR count).